The van der Waals surface area contributed by atoms with E-state index in [9.17, 15) is 9.59 Å². The van der Waals surface area contributed by atoms with E-state index in [1.807, 2.05) is 6.92 Å². The number of benzene rings is 1. The Balaban J connectivity index is 2.02. The van der Waals surface area contributed by atoms with Crippen molar-refractivity contribution in [3.63, 3.8) is 0 Å². The van der Waals surface area contributed by atoms with Gasteiger partial charge in [0.25, 0.3) is 0 Å². The lowest BCUT2D eigenvalue weighted by molar-refractivity contribution is -0.135. The van der Waals surface area contributed by atoms with Gasteiger partial charge >= 0.3 is 5.97 Å². The number of ether oxygens (including phenoxy) is 3. The first-order valence-electron chi connectivity index (χ1n) is 7.66. The minimum atomic E-state index is -0.594. The molecular weight excluding hydrogens is 298 g/mol. The Bertz CT molecular complexity index is 680. The van der Waals surface area contributed by atoms with Crippen LogP contribution in [0.2, 0.25) is 0 Å². The van der Waals surface area contributed by atoms with Crippen molar-refractivity contribution in [3.05, 3.63) is 35.0 Å². The molecule has 0 saturated carbocycles. The van der Waals surface area contributed by atoms with E-state index < -0.39 is 5.97 Å². The fourth-order valence-electron chi connectivity index (χ4n) is 2.99. The average molecular weight is 317 g/mol. The zero-order chi connectivity index (χ0) is 16.4. The van der Waals surface area contributed by atoms with Crippen LogP contribution in [0.4, 0.5) is 0 Å². The lowest BCUT2D eigenvalue weighted by atomic mass is 10.00. The number of rotatable bonds is 4. The molecule has 1 fully saturated rings. The fourth-order valence-corrected chi connectivity index (χ4v) is 2.99. The Kier molecular flexibility index (Phi) is 4.23. The number of carbonyl (C=O) groups is 2. The van der Waals surface area contributed by atoms with E-state index >= 15 is 0 Å². The van der Waals surface area contributed by atoms with E-state index in [0.29, 0.717) is 23.5 Å². The van der Waals surface area contributed by atoms with E-state index in [2.05, 4.69) is 4.90 Å². The molecule has 0 amide bonds. The molecule has 2 aliphatic heterocycles. The number of hydrogen-bond acceptors (Lipinski definition) is 6. The van der Waals surface area contributed by atoms with E-state index in [1.165, 1.54) is 7.11 Å². The number of likely N-dealkylation sites (tertiary alicyclic amines) is 1. The molecule has 6 heteroatoms. The Morgan fingerprint density at radius 1 is 1.26 bits per heavy atom. The van der Waals surface area contributed by atoms with Crippen molar-refractivity contribution in [1.82, 2.24) is 4.90 Å². The predicted molar refractivity (Wildman–Crippen MR) is 82.4 cm³/mol. The zero-order valence-corrected chi connectivity index (χ0v) is 13.3. The summed E-state index contributed by atoms with van der Waals surface area (Å²) in [6.07, 6.45) is 1.63. The van der Waals surface area contributed by atoms with E-state index in [-0.39, 0.29) is 18.1 Å². The smallest absolute Gasteiger partial charge is 0.343 e. The average Bonchev–Trinajstić information content (AvgIpc) is 3.22. The third kappa shape index (κ3) is 2.76. The van der Waals surface area contributed by atoms with Crippen molar-refractivity contribution < 1.29 is 23.8 Å². The molecule has 1 aromatic rings. The number of carbonyl (C=O) groups excluding carboxylic acids is 2. The van der Waals surface area contributed by atoms with E-state index in [1.54, 1.807) is 18.2 Å². The number of allylic oxidation sites excluding steroid dienone is 1. The highest BCUT2D eigenvalue weighted by Gasteiger charge is 2.30. The van der Waals surface area contributed by atoms with Crippen LogP contribution in [0.5, 0.6) is 11.5 Å². The van der Waals surface area contributed by atoms with Crippen LogP contribution in [0.3, 0.4) is 0 Å². The molecule has 2 heterocycles. The molecule has 122 valence electrons. The van der Waals surface area contributed by atoms with Crippen LogP contribution in [-0.2, 0) is 9.53 Å². The van der Waals surface area contributed by atoms with Gasteiger partial charge in [0.05, 0.1) is 7.11 Å². The lowest BCUT2D eigenvalue weighted by Gasteiger charge is -2.20. The molecule has 0 atom stereocenters. The highest BCUT2D eigenvalue weighted by molar-refractivity contribution is 6.24. The van der Waals surface area contributed by atoms with Gasteiger partial charge in [0.15, 0.2) is 11.5 Å². The maximum Gasteiger partial charge on any atom is 0.343 e. The standard InChI is InChI=1S/C17H19NO5/c1-3-18-8-4-5-12(18)15(17(20)21-2)16(19)11-6-7-13-14(9-11)23-10-22-13/h6-7,9H,3-5,8,10H2,1-2H3/b15-12+. The highest BCUT2D eigenvalue weighted by atomic mass is 16.7. The molecule has 6 nitrogen and oxygen atoms in total. The predicted octanol–water partition coefficient (Wildman–Crippen LogP) is 2.14. The van der Waals surface area contributed by atoms with Gasteiger partial charge < -0.3 is 19.1 Å². The second kappa shape index (κ2) is 6.32. The number of hydrogen-bond donors (Lipinski definition) is 0. The Hall–Kier alpha value is -2.50. The quantitative estimate of drug-likeness (QED) is 0.279. The second-order valence-electron chi connectivity index (χ2n) is 5.39. The summed E-state index contributed by atoms with van der Waals surface area (Å²) in [7, 11) is 1.29. The van der Waals surface area contributed by atoms with Crippen molar-refractivity contribution in [2.24, 2.45) is 0 Å². The van der Waals surface area contributed by atoms with Crippen molar-refractivity contribution in [2.45, 2.75) is 19.8 Å². The minimum absolute atomic E-state index is 0.116. The van der Waals surface area contributed by atoms with E-state index in [4.69, 9.17) is 14.2 Å². The monoisotopic (exact) mass is 317 g/mol. The second-order valence-corrected chi connectivity index (χ2v) is 5.39. The first-order chi connectivity index (χ1) is 11.2. The number of esters is 1. The summed E-state index contributed by atoms with van der Waals surface area (Å²) in [6, 6.07) is 4.94. The summed E-state index contributed by atoms with van der Waals surface area (Å²) in [4.78, 5) is 27.2. The van der Waals surface area contributed by atoms with Gasteiger partial charge in [0, 0.05) is 24.4 Å². The van der Waals surface area contributed by atoms with Crippen molar-refractivity contribution in [1.29, 1.82) is 0 Å². The topological polar surface area (TPSA) is 65.1 Å². The van der Waals surface area contributed by atoms with Gasteiger partial charge in [-0.25, -0.2) is 4.79 Å². The first-order valence-corrected chi connectivity index (χ1v) is 7.66. The molecule has 0 unspecified atom stereocenters. The molecule has 23 heavy (non-hydrogen) atoms. The molecule has 1 saturated heterocycles. The summed E-state index contributed by atoms with van der Waals surface area (Å²) in [6.45, 7) is 3.75. The third-order valence-electron chi connectivity index (χ3n) is 4.14. The number of methoxy groups -OCH3 is 1. The van der Waals surface area contributed by atoms with Crippen molar-refractivity contribution in [3.8, 4) is 11.5 Å². The highest BCUT2D eigenvalue weighted by Crippen LogP contribution is 2.34. The summed E-state index contributed by atoms with van der Waals surface area (Å²) >= 11 is 0. The first kappa shape index (κ1) is 15.4. The lowest BCUT2D eigenvalue weighted by Crippen LogP contribution is -2.25. The maximum absolute atomic E-state index is 12.9. The van der Waals surface area contributed by atoms with Gasteiger partial charge in [-0.05, 0) is 38.0 Å². The zero-order valence-electron chi connectivity index (χ0n) is 13.3. The number of nitrogens with zero attached hydrogens (tertiary/aromatic N) is 1. The molecule has 1 aromatic carbocycles. The molecule has 0 radical (unpaired) electrons. The van der Waals surface area contributed by atoms with Crippen LogP contribution in [0.15, 0.2) is 29.5 Å². The van der Waals surface area contributed by atoms with Gasteiger partial charge in [0.2, 0.25) is 12.6 Å². The van der Waals surface area contributed by atoms with Gasteiger partial charge in [0.1, 0.15) is 5.57 Å². The van der Waals surface area contributed by atoms with Gasteiger partial charge in [-0.1, -0.05) is 0 Å². The summed E-state index contributed by atoms with van der Waals surface area (Å²) in [5.41, 5.74) is 1.28. The third-order valence-corrected chi connectivity index (χ3v) is 4.14. The van der Waals surface area contributed by atoms with Crippen LogP contribution in [-0.4, -0.2) is 43.6 Å². The Morgan fingerprint density at radius 2 is 2.04 bits per heavy atom. The van der Waals surface area contributed by atoms with Crippen LogP contribution in [0, 0.1) is 0 Å². The number of Topliss-reactive ketones (excluding diaryl/α,β-unsaturated/α-hetero) is 1. The summed E-state index contributed by atoms with van der Waals surface area (Å²) in [5, 5.41) is 0. The summed E-state index contributed by atoms with van der Waals surface area (Å²) in [5.74, 6) is 0.183. The minimum Gasteiger partial charge on any atom is -0.465 e. The SMILES string of the molecule is CCN1CCC/C1=C(\C(=O)OC)C(=O)c1ccc2c(c1)OCO2. The van der Waals surface area contributed by atoms with Gasteiger partial charge in [-0.15, -0.1) is 0 Å². The van der Waals surface area contributed by atoms with Crippen LogP contribution < -0.4 is 9.47 Å². The van der Waals surface area contributed by atoms with Crippen molar-refractivity contribution in [2.75, 3.05) is 27.0 Å². The fraction of sp³-hybridized carbons (Fsp3) is 0.412. The van der Waals surface area contributed by atoms with Gasteiger partial charge in [-0.3, -0.25) is 4.79 Å². The number of ketones is 1. The molecule has 0 aromatic heterocycles. The van der Waals surface area contributed by atoms with Crippen molar-refractivity contribution >= 4 is 11.8 Å². The van der Waals surface area contributed by atoms with Crippen LogP contribution in [0.1, 0.15) is 30.1 Å². The largest absolute Gasteiger partial charge is 0.465 e. The van der Waals surface area contributed by atoms with Gasteiger partial charge in [-0.2, -0.15) is 0 Å². The van der Waals surface area contributed by atoms with Crippen LogP contribution >= 0.6 is 0 Å². The summed E-state index contributed by atoms with van der Waals surface area (Å²) < 4.78 is 15.4. The van der Waals surface area contributed by atoms with E-state index in [0.717, 1.165) is 25.2 Å². The molecule has 0 aliphatic carbocycles. The molecular formula is C17H19NO5. The normalized spacial score (nSPS) is 18.1. The molecule has 0 N–H and O–H groups in total. The van der Waals surface area contributed by atoms with Crippen LogP contribution in [0.25, 0.3) is 0 Å². The Morgan fingerprint density at radius 3 is 2.78 bits per heavy atom. The Labute approximate surface area is 134 Å². The maximum atomic E-state index is 12.9. The molecule has 0 spiro atoms. The molecule has 3 rings (SSSR count). The number of fused-ring (bicyclic) bond motifs is 1. The molecule has 2 aliphatic rings. The molecule has 0 bridgehead atoms.